The first kappa shape index (κ1) is 18.7. The van der Waals surface area contributed by atoms with Gasteiger partial charge in [-0.05, 0) is 31.0 Å². The Kier molecular flexibility index (Phi) is 4.89. The number of carboxylic acids is 1. The number of likely N-dealkylation sites (tertiary alicyclic amines) is 2. The molecule has 4 rings (SSSR count). The van der Waals surface area contributed by atoms with Gasteiger partial charge in [0, 0.05) is 38.1 Å². The summed E-state index contributed by atoms with van der Waals surface area (Å²) in [6.45, 7) is 1.81. The van der Waals surface area contributed by atoms with Crippen molar-refractivity contribution in [1.29, 1.82) is 0 Å². The lowest BCUT2D eigenvalue weighted by Gasteiger charge is -2.33. The van der Waals surface area contributed by atoms with Crippen LogP contribution in [0.1, 0.15) is 42.5 Å². The van der Waals surface area contributed by atoms with E-state index < -0.39 is 17.2 Å². The van der Waals surface area contributed by atoms with Gasteiger partial charge in [-0.2, -0.15) is 0 Å². The van der Waals surface area contributed by atoms with Crippen molar-refractivity contribution in [1.82, 2.24) is 9.80 Å². The fourth-order valence-corrected chi connectivity index (χ4v) is 5.37. The van der Waals surface area contributed by atoms with E-state index in [0.717, 1.165) is 25.5 Å². The molecule has 0 unspecified atom stereocenters. The molecule has 7 heteroatoms. The van der Waals surface area contributed by atoms with Crippen LogP contribution in [-0.2, 0) is 4.79 Å². The summed E-state index contributed by atoms with van der Waals surface area (Å²) in [5.74, 6) is -1.73. The molecule has 2 saturated heterocycles. The predicted molar refractivity (Wildman–Crippen MR) is 99.3 cm³/mol. The molecule has 1 saturated carbocycles. The van der Waals surface area contributed by atoms with Crippen LogP contribution >= 0.6 is 11.6 Å². The second-order valence-electron chi connectivity index (χ2n) is 8.19. The maximum absolute atomic E-state index is 13.3. The van der Waals surface area contributed by atoms with Crippen molar-refractivity contribution in [2.75, 3.05) is 26.2 Å². The van der Waals surface area contributed by atoms with Crippen LogP contribution in [0.4, 0.5) is 4.39 Å². The van der Waals surface area contributed by atoms with Gasteiger partial charge in [-0.1, -0.05) is 30.9 Å². The largest absolute Gasteiger partial charge is 0.481 e. The maximum Gasteiger partial charge on any atom is 0.313 e. The average Bonchev–Trinajstić information content (AvgIpc) is 3.18. The van der Waals surface area contributed by atoms with Crippen LogP contribution in [0.5, 0.6) is 0 Å². The second kappa shape index (κ2) is 7.06. The Morgan fingerprint density at radius 3 is 2.52 bits per heavy atom. The summed E-state index contributed by atoms with van der Waals surface area (Å²) in [4.78, 5) is 29.0. The lowest BCUT2D eigenvalue weighted by atomic mass is 9.81. The number of carbonyl (C=O) groups excluding carboxylic acids is 1. The molecule has 1 aromatic carbocycles. The van der Waals surface area contributed by atoms with Gasteiger partial charge in [0.05, 0.1) is 10.6 Å². The number of carboxylic acid groups (broad SMARTS) is 1. The van der Waals surface area contributed by atoms with E-state index in [4.69, 9.17) is 11.6 Å². The third-order valence-electron chi connectivity index (χ3n) is 6.60. The van der Waals surface area contributed by atoms with Crippen molar-refractivity contribution in [2.24, 2.45) is 11.3 Å². The number of amides is 1. The predicted octanol–water partition coefficient (Wildman–Crippen LogP) is 3.27. The molecule has 0 radical (unpaired) electrons. The zero-order valence-electron chi connectivity index (χ0n) is 15.2. The molecule has 1 N–H and O–H groups in total. The topological polar surface area (TPSA) is 60.9 Å². The normalized spacial score (nSPS) is 29.1. The third kappa shape index (κ3) is 3.23. The summed E-state index contributed by atoms with van der Waals surface area (Å²) in [6.07, 6.45) is 5.95. The van der Waals surface area contributed by atoms with E-state index in [0.29, 0.717) is 19.1 Å². The molecule has 3 fully saturated rings. The minimum Gasteiger partial charge on any atom is -0.481 e. The van der Waals surface area contributed by atoms with Gasteiger partial charge >= 0.3 is 5.97 Å². The Morgan fingerprint density at radius 2 is 1.89 bits per heavy atom. The minimum atomic E-state index is -0.917. The quantitative estimate of drug-likeness (QED) is 0.854. The fourth-order valence-electron chi connectivity index (χ4n) is 5.12. The van der Waals surface area contributed by atoms with Crippen LogP contribution in [0.25, 0.3) is 0 Å². The first-order chi connectivity index (χ1) is 12.9. The van der Waals surface area contributed by atoms with E-state index in [1.165, 1.54) is 31.4 Å². The summed E-state index contributed by atoms with van der Waals surface area (Å²) in [7, 11) is 0. The second-order valence-corrected chi connectivity index (χ2v) is 8.60. The highest BCUT2D eigenvalue weighted by Gasteiger charge is 2.59. The highest BCUT2D eigenvalue weighted by atomic mass is 35.5. The van der Waals surface area contributed by atoms with Crippen LogP contribution in [0.15, 0.2) is 18.2 Å². The summed E-state index contributed by atoms with van der Waals surface area (Å²) in [5.41, 5.74) is -0.692. The number of fused-ring (bicyclic) bond motifs is 1. The molecule has 0 bridgehead atoms. The summed E-state index contributed by atoms with van der Waals surface area (Å²) < 4.78 is 13.3. The molecule has 5 nitrogen and oxygen atoms in total. The highest BCUT2D eigenvalue weighted by Crippen LogP contribution is 2.45. The Morgan fingerprint density at radius 1 is 1.15 bits per heavy atom. The first-order valence-corrected chi connectivity index (χ1v) is 10.0. The number of carbonyl (C=O) groups is 2. The molecule has 2 heterocycles. The molecule has 3 aliphatic rings. The highest BCUT2D eigenvalue weighted by molar-refractivity contribution is 6.33. The van der Waals surface area contributed by atoms with Crippen LogP contribution < -0.4 is 0 Å². The van der Waals surface area contributed by atoms with Crippen molar-refractivity contribution >= 4 is 23.5 Å². The van der Waals surface area contributed by atoms with Crippen molar-refractivity contribution in [3.05, 3.63) is 34.6 Å². The van der Waals surface area contributed by atoms with E-state index in [2.05, 4.69) is 4.90 Å². The standard InChI is InChI=1S/C20H24ClFN2O3/c21-17-8-14(22)6-7-16(17)18(25)24-10-13-9-23(15-4-2-1-3-5-15)11-20(13,12-24)19(26)27/h6-8,13,15H,1-5,9-12H2,(H,26,27)/t13-,20-/m1/s1. The van der Waals surface area contributed by atoms with Crippen LogP contribution in [0, 0.1) is 17.2 Å². The minimum absolute atomic E-state index is 0.0604. The van der Waals surface area contributed by atoms with Gasteiger partial charge in [-0.15, -0.1) is 0 Å². The number of hydrogen-bond acceptors (Lipinski definition) is 3. The number of halogens is 2. The molecule has 1 amide bonds. The lowest BCUT2D eigenvalue weighted by Crippen LogP contribution is -2.44. The Labute approximate surface area is 163 Å². The SMILES string of the molecule is O=C(c1ccc(F)cc1Cl)N1C[C@H]2CN(C3CCCCC3)C[C@@]2(C(=O)O)C1. The molecule has 146 valence electrons. The van der Waals surface area contributed by atoms with Crippen molar-refractivity contribution in [2.45, 2.75) is 38.1 Å². The lowest BCUT2D eigenvalue weighted by molar-refractivity contribution is -0.148. The third-order valence-corrected chi connectivity index (χ3v) is 6.91. The zero-order valence-corrected chi connectivity index (χ0v) is 15.9. The van der Waals surface area contributed by atoms with Gasteiger partial charge in [0.1, 0.15) is 11.2 Å². The summed E-state index contributed by atoms with van der Waals surface area (Å²) >= 11 is 6.03. The first-order valence-electron chi connectivity index (χ1n) is 9.62. The van der Waals surface area contributed by atoms with Gasteiger partial charge in [0.25, 0.3) is 5.91 Å². The Hall–Kier alpha value is -1.66. The molecule has 1 aliphatic carbocycles. The number of benzene rings is 1. The van der Waals surface area contributed by atoms with E-state index in [1.807, 2.05) is 0 Å². The van der Waals surface area contributed by atoms with E-state index in [9.17, 15) is 19.1 Å². The molecule has 27 heavy (non-hydrogen) atoms. The van der Waals surface area contributed by atoms with Crippen LogP contribution in [0.3, 0.4) is 0 Å². The zero-order chi connectivity index (χ0) is 19.2. The van der Waals surface area contributed by atoms with E-state index in [-0.39, 0.29) is 29.0 Å². The Balaban J connectivity index is 1.53. The van der Waals surface area contributed by atoms with Crippen molar-refractivity contribution in [3.63, 3.8) is 0 Å². The van der Waals surface area contributed by atoms with Crippen molar-refractivity contribution < 1.29 is 19.1 Å². The molecule has 2 aliphatic heterocycles. The van der Waals surface area contributed by atoms with E-state index >= 15 is 0 Å². The van der Waals surface area contributed by atoms with Gasteiger partial charge in [0.2, 0.25) is 0 Å². The monoisotopic (exact) mass is 394 g/mol. The van der Waals surface area contributed by atoms with Gasteiger partial charge in [-0.3, -0.25) is 14.5 Å². The fraction of sp³-hybridized carbons (Fsp3) is 0.600. The summed E-state index contributed by atoms with van der Waals surface area (Å²) in [5, 5.41) is 10.1. The molecular formula is C20H24ClFN2O3. The molecule has 1 aromatic rings. The molecular weight excluding hydrogens is 371 g/mol. The van der Waals surface area contributed by atoms with Crippen LogP contribution in [-0.4, -0.2) is 59.0 Å². The number of hydrogen-bond donors (Lipinski definition) is 1. The molecule has 0 aromatic heterocycles. The summed E-state index contributed by atoms with van der Waals surface area (Å²) in [6, 6.07) is 4.16. The molecule has 0 spiro atoms. The molecule has 2 atom stereocenters. The smallest absolute Gasteiger partial charge is 0.313 e. The average molecular weight is 395 g/mol. The van der Waals surface area contributed by atoms with Gasteiger partial charge in [-0.25, -0.2) is 4.39 Å². The number of rotatable bonds is 3. The van der Waals surface area contributed by atoms with Crippen LogP contribution in [0.2, 0.25) is 5.02 Å². The van der Waals surface area contributed by atoms with E-state index in [1.54, 1.807) is 4.90 Å². The number of aliphatic carboxylic acids is 1. The maximum atomic E-state index is 13.3. The van der Waals surface area contributed by atoms with Gasteiger partial charge < -0.3 is 10.0 Å². The Bertz CT molecular complexity index is 768. The number of nitrogens with zero attached hydrogens (tertiary/aromatic N) is 2. The van der Waals surface area contributed by atoms with Gasteiger partial charge in [0.15, 0.2) is 0 Å². The van der Waals surface area contributed by atoms with Crippen molar-refractivity contribution in [3.8, 4) is 0 Å².